The molecule has 18 heavy (non-hydrogen) atoms. The van der Waals surface area contributed by atoms with E-state index in [1.807, 2.05) is 0 Å². The van der Waals surface area contributed by atoms with E-state index in [2.05, 4.69) is 41.5 Å². The minimum atomic E-state index is 0.661. The topological polar surface area (TPSA) is 0 Å². The van der Waals surface area contributed by atoms with E-state index < -0.39 is 0 Å². The van der Waals surface area contributed by atoms with Crippen molar-refractivity contribution >= 4 is 8.58 Å². The molecule has 4 atom stereocenters. The predicted octanol–water partition coefficient (Wildman–Crippen LogP) is 6.09. The third kappa shape index (κ3) is 3.72. The highest BCUT2D eigenvalue weighted by Crippen LogP contribution is 2.54. The molecule has 0 spiro atoms. The Hall–Kier alpha value is 0.430. The predicted molar refractivity (Wildman–Crippen MR) is 87.1 cm³/mol. The molecule has 1 aliphatic carbocycles. The summed E-state index contributed by atoms with van der Waals surface area (Å²) in [5.41, 5.74) is 2.59. The largest absolute Gasteiger partial charge is 0.116 e. The van der Waals surface area contributed by atoms with Crippen molar-refractivity contribution in [3.8, 4) is 0 Å². The van der Waals surface area contributed by atoms with Crippen molar-refractivity contribution in [3.63, 3.8) is 0 Å². The molecule has 0 bridgehead atoms. The van der Waals surface area contributed by atoms with E-state index in [-0.39, 0.29) is 0 Å². The molecule has 0 aromatic rings. The molecule has 0 aromatic heterocycles. The second-order valence-electron chi connectivity index (χ2n) is 6.97. The zero-order valence-corrected chi connectivity index (χ0v) is 14.6. The Labute approximate surface area is 117 Å². The molecule has 1 heteroatoms. The van der Waals surface area contributed by atoms with E-state index in [1.54, 1.807) is 0 Å². The molecule has 4 unspecified atom stereocenters. The zero-order valence-electron chi connectivity index (χ0n) is 13.6. The van der Waals surface area contributed by atoms with E-state index in [0.29, 0.717) is 5.41 Å². The van der Waals surface area contributed by atoms with Crippen LogP contribution in [0.2, 0.25) is 0 Å². The lowest BCUT2D eigenvalue weighted by atomic mass is 9.58. The average Bonchev–Trinajstić information content (AvgIpc) is 2.36. The molecule has 0 aliphatic heterocycles. The summed E-state index contributed by atoms with van der Waals surface area (Å²) >= 11 is 0. The molecule has 108 valence electrons. The zero-order chi connectivity index (χ0) is 13.8. The normalized spacial score (nSPS) is 33.2. The van der Waals surface area contributed by atoms with Crippen LogP contribution in [0.5, 0.6) is 0 Å². The van der Waals surface area contributed by atoms with Gasteiger partial charge in [-0.3, -0.25) is 0 Å². The maximum absolute atomic E-state index is 2.52. The minimum absolute atomic E-state index is 0.661. The van der Waals surface area contributed by atoms with Crippen molar-refractivity contribution in [2.24, 2.45) is 17.3 Å². The molecule has 1 rings (SSSR count). The van der Waals surface area contributed by atoms with Crippen molar-refractivity contribution in [1.82, 2.24) is 0 Å². The number of hydrogen-bond acceptors (Lipinski definition) is 0. The Morgan fingerprint density at radius 1 is 1.06 bits per heavy atom. The summed E-state index contributed by atoms with van der Waals surface area (Å²) in [5.74, 6) is 1.82. The Balaban J connectivity index is 2.82. The minimum Gasteiger partial charge on any atom is -0.116 e. The Morgan fingerprint density at radius 2 is 1.61 bits per heavy atom. The van der Waals surface area contributed by atoms with Gasteiger partial charge >= 0.3 is 0 Å². The molecular weight excluding hydrogens is 235 g/mol. The third-order valence-electron chi connectivity index (χ3n) is 5.58. The fraction of sp³-hybridized carbons (Fsp3) is 1.00. The number of hydrogen-bond donors (Lipinski definition) is 0. The first-order valence-corrected chi connectivity index (χ1v) is 9.37. The van der Waals surface area contributed by atoms with Crippen LogP contribution in [-0.2, 0) is 0 Å². The van der Waals surface area contributed by atoms with Crippen LogP contribution < -0.4 is 0 Å². The summed E-state index contributed by atoms with van der Waals surface area (Å²) in [7, 11) is 1.19. The standard InChI is InChI=1S/C17H35P/c1-7-14(5)17(15(6)8-2)11-9-10-16(12-17)18-13(3)4/h13-16,18H,7-12H2,1-6H3. The van der Waals surface area contributed by atoms with Crippen LogP contribution in [0.4, 0.5) is 0 Å². The molecule has 0 aromatic carbocycles. The van der Waals surface area contributed by atoms with Crippen molar-refractivity contribution in [1.29, 1.82) is 0 Å². The number of rotatable bonds is 6. The second kappa shape index (κ2) is 7.28. The van der Waals surface area contributed by atoms with Crippen LogP contribution in [0.1, 0.15) is 80.1 Å². The first-order chi connectivity index (χ1) is 8.46. The van der Waals surface area contributed by atoms with Crippen molar-refractivity contribution in [2.75, 3.05) is 0 Å². The van der Waals surface area contributed by atoms with Gasteiger partial charge in [-0.1, -0.05) is 60.8 Å². The lowest BCUT2D eigenvalue weighted by Crippen LogP contribution is -2.40. The highest BCUT2D eigenvalue weighted by Gasteiger charge is 2.43. The van der Waals surface area contributed by atoms with Gasteiger partial charge < -0.3 is 0 Å². The summed E-state index contributed by atoms with van der Waals surface area (Å²) in [5, 5.41) is 0. The van der Waals surface area contributed by atoms with Crippen molar-refractivity contribution < 1.29 is 0 Å². The van der Waals surface area contributed by atoms with Crippen molar-refractivity contribution in [2.45, 2.75) is 91.4 Å². The van der Waals surface area contributed by atoms with Gasteiger partial charge in [-0.05, 0) is 47.8 Å². The van der Waals surface area contributed by atoms with Gasteiger partial charge in [-0.25, -0.2) is 0 Å². The Morgan fingerprint density at radius 3 is 2.06 bits per heavy atom. The summed E-state index contributed by atoms with van der Waals surface area (Å²) in [6.07, 6.45) is 8.73. The molecular formula is C17H35P. The lowest BCUT2D eigenvalue weighted by Gasteiger charge is -2.49. The molecule has 0 saturated heterocycles. The lowest BCUT2D eigenvalue weighted by molar-refractivity contribution is 0.0385. The molecule has 0 N–H and O–H groups in total. The van der Waals surface area contributed by atoms with E-state index in [4.69, 9.17) is 0 Å². The van der Waals surface area contributed by atoms with Crippen molar-refractivity contribution in [3.05, 3.63) is 0 Å². The van der Waals surface area contributed by atoms with Crippen LogP contribution in [0.25, 0.3) is 0 Å². The van der Waals surface area contributed by atoms with E-state index >= 15 is 0 Å². The van der Waals surface area contributed by atoms with Gasteiger partial charge in [0.2, 0.25) is 0 Å². The van der Waals surface area contributed by atoms with Gasteiger partial charge in [-0.15, -0.1) is 8.58 Å². The summed E-state index contributed by atoms with van der Waals surface area (Å²) < 4.78 is 0. The van der Waals surface area contributed by atoms with E-state index in [1.165, 1.54) is 47.1 Å². The van der Waals surface area contributed by atoms with Crippen LogP contribution in [-0.4, -0.2) is 11.3 Å². The summed E-state index contributed by atoms with van der Waals surface area (Å²) in [6, 6.07) is 0. The highest BCUT2D eigenvalue weighted by molar-refractivity contribution is 7.39. The quantitative estimate of drug-likeness (QED) is 0.512. The Kier molecular flexibility index (Phi) is 6.66. The van der Waals surface area contributed by atoms with Gasteiger partial charge in [0.15, 0.2) is 0 Å². The molecule has 0 radical (unpaired) electrons. The molecule has 0 amide bonds. The first kappa shape index (κ1) is 16.5. The fourth-order valence-corrected chi connectivity index (χ4v) is 5.96. The third-order valence-corrected chi connectivity index (χ3v) is 7.21. The first-order valence-electron chi connectivity index (χ1n) is 8.22. The second-order valence-corrected chi connectivity index (χ2v) is 9.27. The van der Waals surface area contributed by atoms with Gasteiger partial charge in [0.25, 0.3) is 0 Å². The van der Waals surface area contributed by atoms with Gasteiger partial charge in [0.1, 0.15) is 0 Å². The SMILES string of the molecule is CCC(C)C1(C(C)CC)CCCC(PC(C)C)C1. The Bertz CT molecular complexity index is 224. The monoisotopic (exact) mass is 270 g/mol. The van der Waals surface area contributed by atoms with Gasteiger partial charge in [-0.2, -0.15) is 0 Å². The molecule has 0 nitrogen and oxygen atoms in total. The van der Waals surface area contributed by atoms with E-state index in [9.17, 15) is 0 Å². The highest BCUT2D eigenvalue weighted by atomic mass is 31.1. The fourth-order valence-electron chi connectivity index (χ4n) is 4.15. The van der Waals surface area contributed by atoms with Gasteiger partial charge in [0, 0.05) is 0 Å². The molecule has 1 fully saturated rings. The van der Waals surface area contributed by atoms with Crippen LogP contribution in [0.15, 0.2) is 0 Å². The van der Waals surface area contributed by atoms with Crippen LogP contribution >= 0.6 is 8.58 Å². The molecule has 0 heterocycles. The molecule has 1 aliphatic rings. The maximum atomic E-state index is 2.52. The van der Waals surface area contributed by atoms with Crippen LogP contribution in [0.3, 0.4) is 0 Å². The summed E-state index contributed by atoms with van der Waals surface area (Å²) in [4.78, 5) is 0. The van der Waals surface area contributed by atoms with Crippen LogP contribution in [0, 0.1) is 17.3 Å². The average molecular weight is 270 g/mol. The summed E-state index contributed by atoms with van der Waals surface area (Å²) in [6.45, 7) is 14.6. The molecule has 1 saturated carbocycles. The van der Waals surface area contributed by atoms with E-state index in [0.717, 1.165) is 23.2 Å². The van der Waals surface area contributed by atoms with Gasteiger partial charge in [0.05, 0.1) is 0 Å². The smallest absolute Gasteiger partial charge is 0.0229 e. The maximum Gasteiger partial charge on any atom is -0.0229 e.